The lowest BCUT2D eigenvalue weighted by atomic mass is 9.67. The lowest BCUT2D eigenvalue weighted by Gasteiger charge is -2.41. The molecule has 2 aliphatic rings. The van der Waals surface area contributed by atoms with Gasteiger partial charge in [-0.05, 0) is 57.0 Å². The van der Waals surface area contributed by atoms with Crippen molar-refractivity contribution in [1.82, 2.24) is 15.5 Å². The highest BCUT2D eigenvalue weighted by Crippen LogP contribution is 2.42. The SMILES string of the molecule is CCC1(CNC(=NC)NCC2CCCN(C)C2)CCC1. The third-order valence-corrected chi connectivity index (χ3v) is 5.30. The molecule has 1 saturated heterocycles. The van der Waals surface area contributed by atoms with Gasteiger partial charge in [-0.25, -0.2) is 0 Å². The van der Waals surface area contributed by atoms with Crippen molar-refractivity contribution in [2.24, 2.45) is 16.3 Å². The van der Waals surface area contributed by atoms with E-state index in [1.165, 1.54) is 51.6 Å². The van der Waals surface area contributed by atoms with Gasteiger partial charge in [0.05, 0.1) is 0 Å². The van der Waals surface area contributed by atoms with E-state index >= 15 is 0 Å². The van der Waals surface area contributed by atoms with Crippen LogP contribution >= 0.6 is 0 Å². The van der Waals surface area contributed by atoms with Crippen LogP contribution in [0.1, 0.15) is 45.4 Å². The quantitative estimate of drug-likeness (QED) is 0.598. The highest BCUT2D eigenvalue weighted by molar-refractivity contribution is 5.79. The van der Waals surface area contributed by atoms with Crippen molar-refractivity contribution in [3.8, 4) is 0 Å². The molecule has 0 aromatic rings. The lowest BCUT2D eigenvalue weighted by molar-refractivity contribution is 0.131. The average molecular weight is 280 g/mol. The number of guanidine groups is 1. The maximum absolute atomic E-state index is 4.37. The van der Waals surface area contributed by atoms with E-state index in [4.69, 9.17) is 0 Å². The Morgan fingerprint density at radius 3 is 2.65 bits per heavy atom. The second-order valence-corrected chi connectivity index (χ2v) is 6.78. The van der Waals surface area contributed by atoms with Gasteiger partial charge in [0.1, 0.15) is 0 Å². The van der Waals surface area contributed by atoms with Crippen LogP contribution in [0, 0.1) is 11.3 Å². The lowest BCUT2D eigenvalue weighted by Crippen LogP contribution is -2.48. The van der Waals surface area contributed by atoms with Gasteiger partial charge in [-0.15, -0.1) is 0 Å². The zero-order valence-electron chi connectivity index (χ0n) is 13.5. The summed E-state index contributed by atoms with van der Waals surface area (Å²) in [4.78, 5) is 6.81. The molecule has 0 spiro atoms. The van der Waals surface area contributed by atoms with E-state index in [2.05, 4.69) is 34.5 Å². The minimum absolute atomic E-state index is 0.544. The molecule has 0 aromatic carbocycles. The molecule has 1 aliphatic carbocycles. The Morgan fingerprint density at radius 2 is 2.10 bits per heavy atom. The molecule has 0 amide bonds. The minimum Gasteiger partial charge on any atom is -0.356 e. The third kappa shape index (κ3) is 4.11. The summed E-state index contributed by atoms with van der Waals surface area (Å²) < 4.78 is 0. The second kappa shape index (κ2) is 7.30. The molecule has 1 saturated carbocycles. The largest absolute Gasteiger partial charge is 0.356 e. The van der Waals surface area contributed by atoms with Crippen LogP contribution in [0.3, 0.4) is 0 Å². The van der Waals surface area contributed by atoms with Crippen molar-refractivity contribution in [3.63, 3.8) is 0 Å². The van der Waals surface area contributed by atoms with Gasteiger partial charge in [0.15, 0.2) is 5.96 Å². The van der Waals surface area contributed by atoms with Crippen LogP contribution in [0.5, 0.6) is 0 Å². The number of piperidine rings is 1. The molecule has 2 fully saturated rings. The van der Waals surface area contributed by atoms with Gasteiger partial charge in [0, 0.05) is 26.7 Å². The Kier molecular flexibility index (Phi) is 5.70. The molecule has 2 N–H and O–H groups in total. The van der Waals surface area contributed by atoms with Crippen LogP contribution in [0.25, 0.3) is 0 Å². The number of nitrogens with zero attached hydrogens (tertiary/aromatic N) is 2. The molecule has 2 rings (SSSR count). The Morgan fingerprint density at radius 1 is 1.30 bits per heavy atom. The molecule has 1 atom stereocenters. The Bertz CT molecular complexity index is 317. The first kappa shape index (κ1) is 15.6. The van der Waals surface area contributed by atoms with Crippen LogP contribution < -0.4 is 10.6 Å². The van der Waals surface area contributed by atoms with Crippen LogP contribution in [0.15, 0.2) is 4.99 Å². The predicted octanol–water partition coefficient (Wildman–Crippen LogP) is 2.07. The highest BCUT2D eigenvalue weighted by atomic mass is 15.2. The molecule has 4 heteroatoms. The molecule has 1 aliphatic heterocycles. The van der Waals surface area contributed by atoms with Crippen molar-refractivity contribution >= 4 is 5.96 Å². The van der Waals surface area contributed by atoms with Crippen molar-refractivity contribution in [2.75, 3.05) is 40.3 Å². The monoisotopic (exact) mass is 280 g/mol. The topological polar surface area (TPSA) is 39.7 Å². The fourth-order valence-electron chi connectivity index (χ4n) is 3.50. The van der Waals surface area contributed by atoms with Crippen molar-refractivity contribution in [2.45, 2.75) is 45.4 Å². The van der Waals surface area contributed by atoms with Crippen LogP contribution in [-0.4, -0.2) is 51.1 Å². The first-order valence-electron chi connectivity index (χ1n) is 8.30. The summed E-state index contributed by atoms with van der Waals surface area (Å²) in [5.74, 6) is 1.74. The molecule has 1 heterocycles. The second-order valence-electron chi connectivity index (χ2n) is 6.78. The van der Waals surface area contributed by atoms with E-state index in [9.17, 15) is 0 Å². The summed E-state index contributed by atoms with van der Waals surface area (Å²) in [5, 5.41) is 7.06. The zero-order chi connectivity index (χ0) is 14.4. The predicted molar refractivity (Wildman–Crippen MR) is 86.2 cm³/mol. The van der Waals surface area contributed by atoms with Gasteiger partial charge in [0.25, 0.3) is 0 Å². The molecule has 0 aromatic heterocycles. The van der Waals surface area contributed by atoms with E-state index in [0.29, 0.717) is 5.41 Å². The normalized spacial score (nSPS) is 26.9. The Labute approximate surface area is 124 Å². The minimum atomic E-state index is 0.544. The Balaban J connectivity index is 1.70. The summed E-state index contributed by atoms with van der Waals surface area (Å²) >= 11 is 0. The van der Waals surface area contributed by atoms with E-state index < -0.39 is 0 Å². The Hall–Kier alpha value is -0.770. The number of likely N-dealkylation sites (tertiary alicyclic amines) is 1. The molecule has 4 nitrogen and oxygen atoms in total. The standard InChI is InChI=1S/C16H32N4/c1-4-16(8-6-9-16)13-19-15(17-2)18-11-14-7-5-10-20(3)12-14/h14H,4-13H2,1-3H3,(H2,17,18,19). The summed E-state index contributed by atoms with van der Waals surface area (Å²) in [6, 6.07) is 0. The summed E-state index contributed by atoms with van der Waals surface area (Å²) in [6.45, 7) is 6.90. The van der Waals surface area contributed by atoms with Crippen molar-refractivity contribution in [3.05, 3.63) is 0 Å². The average Bonchev–Trinajstić information content (AvgIpc) is 2.41. The van der Waals surface area contributed by atoms with E-state index in [1.807, 2.05) is 7.05 Å². The molecular formula is C16H32N4. The molecule has 0 bridgehead atoms. The fourth-order valence-corrected chi connectivity index (χ4v) is 3.50. The van der Waals surface area contributed by atoms with Crippen LogP contribution in [0.4, 0.5) is 0 Å². The van der Waals surface area contributed by atoms with Gasteiger partial charge >= 0.3 is 0 Å². The molecule has 1 unspecified atom stereocenters. The smallest absolute Gasteiger partial charge is 0.191 e. The van der Waals surface area contributed by atoms with Crippen LogP contribution in [-0.2, 0) is 0 Å². The molecule has 20 heavy (non-hydrogen) atoms. The molecule has 0 radical (unpaired) electrons. The number of aliphatic imine (C=N–C) groups is 1. The maximum atomic E-state index is 4.37. The first-order valence-corrected chi connectivity index (χ1v) is 8.30. The summed E-state index contributed by atoms with van der Waals surface area (Å²) in [6.07, 6.45) is 8.10. The fraction of sp³-hybridized carbons (Fsp3) is 0.938. The number of hydrogen-bond donors (Lipinski definition) is 2. The first-order chi connectivity index (χ1) is 9.67. The van der Waals surface area contributed by atoms with Gasteiger partial charge in [-0.1, -0.05) is 13.3 Å². The highest BCUT2D eigenvalue weighted by Gasteiger charge is 2.34. The van der Waals surface area contributed by atoms with Crippen molar-refractivity contribution in [1.29, 1.82) is 0 Å². The number of rotatable bonds is 5. The number of nitrogens with one attached hydrogen (secondary N) is 2. The maximum Gasteiger partial charge on any atom is 0.191 e. The van der Waals surface area contributed by atoms with E-state index in [-0.39, 0.29) is 0 Å². The molecular weight excluding hydrogens is 248 g/mol. The number of hydrogen-bond acceptors (Lipinski definition) is 2. The molecule has 116 valence electrons. The summed E-state index contributed by atoms with van der Waals surface area (Å²) in [5.41, 5.74) is 0.544. The van der Waals surface area contributed by atoms with E-state index in [0.717, 1.165) is 25.0 Å². The van der Waals surface area contributed by atoms with E-state index in [1.54, 1.807) is 0 Å². The van der Waals surface area contributed by atoms with Crippen LogP contribution in [0.2, 0.25) is 0 Å². The van der Waals surface area contributed by atoms with Gasteiger partial charge < -0.3 is 15.5 Å². The third-order valence-electron chi connectivity index (χ3n) is 5.30. The zero-order valence-corrected chi connectivity index (χ0v) is 13.5. The van der Waals surface area contributed by atoms with Gasteiger partial charge in [-0.2, -0.15) is 0 Å². The van der Waals surface area contributed by atoms with Gasteiger partial charge in [-0.3, -0.25) is 4.99 Å². The van der Waals surface area contributed by atoms with Gasteiger partial charge in [0.2, 0.25) is 0 Å². The van der Waals surface area contributed by atoms with Crippen molar-refractivity contribution < 1.29 is 0 Å². The summed E-state index contributed by atoms with van der Waals surface area (Å²) in [7, 11) is 4.10.